The van der Waals surface area contributed by atoms with Gasteiger partial charge in [0.1, 0.15) is 6.17 Å². The summed E-state index contributed by atoms with van der Waals surface area (Å²) in [6.45, 7) is 4.44. The Morgan fingerprint density at radius 1 is 1.60 bits per heavy atom. The Hall–Kier alpha value is -0.120. The zero-order valence-corrected chi connectivity index (χ0v) is 7.31. The van der Waals surface area contributed by atoms with Crippen molar-refractivity contribution in [1.29, 1.82) is 0 Å². The maximum Gasteiger partial charge on any atom is 0.159 e. The third-order valence-corrected chi connectivity index (χ3v) is 2.51. The van der Waals surface area contributed by atoms with E-state index in [0.717, 1.165) is 0 Å². The molecule has 3 atom stereocenters. The maximum atomic E-state index is 3.45. The second kappa shape index (κ2) is 2.86. The average molecular weight is 144 g/mol. The van der Waals surface area contributed by atoms with Crippen molar-refractivity contribution in [3.05, 3.63) is 0 Å². The van der Waals surface area contributed by atoms with E-state index < -0.39 is 0 Å². The van der Waals surface area contributed by atoms with E-state index in [2.05, 4.69) is 38.3 Å². The maximum absolute atomic E-state index is 3.45. The number of hydrogen-bond donors (Lipinski definition) is 2. The van der Waals surface area contributed by atoms with Gasteiger partial charge in [0.25, 0.3) is 0 Å². The van der Waals surface area contributed by atoms with Crippen LogP contribution in [0, 0.1) is 0 Å². The summed E-state index contributed by atoms with van der Waals surface area (Å²) in [6, 6.07) is 0. The Morgan fingerprint density at radius 2 is 2.20 bits per heavy atom. The molecule has 1 fully saturated rings. The van der Waals surface area contributed by atoms with Crippen molar-refractivity contribution < 1.29 is 5.01 Å². The van der Waals surface area contributed by atoms with Crippen molar-refractivity contribution in [3.8, 4) is 0 Å². The molecule has 0 aliphatic carbocycles. The molecule has 3 nitrogen and oxygen atoms in total. The van der Waals surface area contributed by atoms with Gasteiger partial charge in [-0.05, 0) is 13.5 Å². The summed E-state index contributed by atoms with van der Waals surface area (Å²) in [6.07, 6.45) is 2.35. The van der Waals surface area contributed by atoms with Gasteiger partial charge < -0.3 is 0 Å². The van der Waals surface area contributed by atoms with Crippen LogP contribution in [-0.2, 0) is 0 Å². The van der Waals surface area contributed by atoms with E-state index >= 15 is 0 Å². The fraction of sp³-hybridized carbons (Fsp3) is 1.00. The third-order valence-electron chi connectivity index (χ3n) is 2.51. The van der Waals surface area contributed by atoms with Crippen LogP contribution in [0.15, 0.2) is 0 Å². The number of nitrogens with one attached hydrogen (secondary N) is 2. The molecule has 1 rings (SSSR count). The van der Waals surface area contributed by atoms with E-state index in [0.29, 0.717) is 12.3 Å². The first-order valence-corrected chi connectivity index (χ1v) is 3.98. The Morgan fingerprint density at radius 3 is 2.40 bits per heavy atom. The standard InChI is InChI=1S/C7H17N3/c1-5-7-8-10(4)6(2)9(7)3/h6-8H,5H2,1-4H3/p+1. The van der Waals surface area contributed by atoms with Crippen LogP contribution in [0.25, 0.3) is 0 Å². The van der Waals surface area contributed by atoms with Crippen LogP contribution in [0.5, 0.6) is 0 Å². The van der Waals surface area contributed by atoms with Gasteiger partial charge in [0, 0.05) is 6.92 Å². The Kier molecular flexibility index (Phi) is 2.28. The molecule has 0 aromatic carbocycles. The molecule has 10 heavy (non-hydrogen) atoms. The van der Waals surface area contributed by atoms with Crippen molar-refractivity contribution in [2.24, 2.45) is 0 Å². The highest BCUT2D eigenvalue weighted by Crippen LogP contribution is 2.01. The van der Waals surface area contributed by atoms with Crippen LogP contribution in [0.4, 0.5) is 0 Å². The first-order chi connectivity index (χ1) is 4.66. The van der Waals surface area contributed by atoms with Gasteiger partial charge >= 0.3 is 0 Å². The number of quaternary nitrogens is 1. The summed E-state index contributed by atoms with van der Waals surface area (Å²) in [5.74, 6) is 0. The summed E-state index contributed by atoms with van der Waals surface area (Å²) in [5.41, 5.74) is 3.45. The van der Waals surface area contributed by atoms with Crippen LogP contribution in [0.2, 0.25) is 0 Å². The molecular formula is C7H18N3+. The van der Waals surface area contributed by atoms with E-state index in [1.54, 1.807) is 0 Å². The van der Waals surface area contributed by atoms with Gasteiger partial charge in [-0.25, -0.2) is 9.91 Å². The van der Waals surface area contributed by atoms with Gasteiger partial charge in [-0.15, -0.1) is 0 Å². The van der Waals surface area contributed by atoms with Crippen LogP contribution >= 0.6 is 0 Å². The zero-order valence-electron chi connectivity index (χ0n) is 7.31. The largest absolute Gasteiger partial charge is 0.244 e. The molecule has 2 N–H and O–H groups in total. The molecule has 0 aromatic rings. The molecule has 1 aliphatic heterocycles. The highest BCUT2D eigenvalue weighted by Gasteiger charge is 2.33. The monoisotopic (exact) mass is 144 g/mol. The first kappa shape index (κ1) is 7.98. The molecule has 0 saturated carbocycles. The molecule has 1 aliphatic rings. The Balaban J connectivity index is 2.53. The SMILES string of the molecule is CCC1N[NH+](C)C(C)N1C. The molecule has 3 unspecified atom stereocenters. The van der Waals surface area contributed by atoms with Crippen molar-refractivity contribution in [3.63, 3.8) is 0 Å². The molecule has 0 spiro atoms. The fourth-order valence-electron chi connectivity index (χ4n) is 1.45. The van der Waals surface area contributed by atoms with Gasteiger partial charge in [0.05, 0.1) is 7.05 Å². The van der Waals surface area contributed by atoms with E-state index in [-0.39, 0.29) is 0 Å². The quantitative estimate of drug-likeness (QED) is 0.494. The smallest absolute Gasteiger partial charge is 0.159 e. The van der Waals surface area contributed by atoms with Gasteiger partial charge in [-0.1, -0.05) is 6.92 Å². The molecule has 0 bridgehead atoms. The summed E-state index contributed by atoms with van der Waals surface area (Å²) < 4.78 is 0. The third kappa shape index (κ3) is 1.17. The van der Waals surface area contributed by atoms with E-state index in [1.807, 2.05) is 0 Å². The average Bonchev–Trinajstić information content (AvgIpc) is 2.17. The van der Waals surface area contributed by atoms with Crippen LogP contribution in [0.3, 0.4) is 0 Å². The van der Waals surface area contributed by atoms with Gasteiger partial charge in [-0.2, -0.15) is 5.43 Å². The summed E-state index contributed by atoms with van der Waals surface area (Å²) in [4.78, 5) is 2.37. The predicted octanol–water partition coefficient (Wildman–Crippen LogP) is -0.967. The lowest BCUT2D eigenvalue weighted by Gasteiger charge is -2.16. The molecular weight excluding hydrogens is 126 g/mol. The summed E-state index contributed by atoms with van der Waals surface area (Å²) >= 11 is 0. The lowest BCUT2D eigenvalue weighted by molar-refractivity contribution is -0.940. The molecule has 3 heteroatoms. The van der Waals surface area contributed by atoms with Crippen molar-refractivity contribution >= 4 is 0 Å². The second-order valence-electron chi connectivity index (χ2n) is 3.09. The van der Waals surface area contributed by atoms with Gasteiger partial charge in [-0.3, -0.25) is 0 Å². The minimum atomic E-state index is 0.565. The Labute approximate surface area is 63.0 Å². The fourth-order valence-corrected chi connectivity index (χ4v) is 1.45. The predicted molar refractivity (Wildman–Crippen MR) is 41.3 cm³/mol. The molecule has 0 aromatic heterocycles. The van der Waals surface area contributed by atoms with E-state index in [9.17, 15) is 0 Å². The Bertz CT molecular complexity index is 115. The highest BCUT2D eigenvalue weighted by atomic mass is 15.7. The van der Waals surface area contributed by atoms with Crippen molar-refractivity contribution in [1.82, 2.24) is 10.3 Å². The lowest BCUT2D eigenvalue weighted by atomic mass is 10.3. The van der Waals surface area contributed by atoms with E-state index in [4.69, 9.17) is 0 Å². The summed E-state index contributed by atoms with van der Waals surface area (Å²) in [7, 11) is 4.33. The highest BCUT2D eigenvalue weighted by molar-refractivity contribution is 4.64. The molecule has 0 radical (unpaired) electrons. The minimum Gasteiger partial charge on any atom is -0.244 e. The van der Waals surface area contributed by atoms with Crippen molar-refractivity contribution in [2.75, 3.05) is 14.1 Å². The summed E-state index contributed by atoms with van der Waals surface area (Å²) in [5, 5.41) is 1.40. The van der Waals surface area contributed by atoms with E-state index in [1.165, 1.54) is 11.4 Å². The normalized spacial score (nSPS) is 42.6. The molecule has 0 amide bonds. The van der Waals surface area contributed by atoms with Crippen LogP contribution in [0.1, 0.15) is 20.3 Å². The lowest BCUT2D eigenvalue weighted by Crippen LogP contribution is -3.17. The zero-order chi connectivity index (χ0) is 7.72. The number of rotatable bonds is 1. The minimum absolute atomic E-state index is 0.565. The topological polar surface area (TPSA) is 19.7 Å². The number of hydrogen-bond acceptors (Lipinski definition) is 2. The van der Waals surface area contributed by atoms with Crippen LogP contribution < -0.4 is 10.4 Å². The van der Waals surface area contributed by atoms with Crippen molar-refractivity contribution in [2.45, 2.75) is 32.6 Å². The van der Waals surface area contributed by atoms with Gasteiger partial charge in [0.2, 0.25) is 0 Å². The molecule has 1 heterocycles. The first-order valence-electron chi connectivity index (χ1n) is 3.98. The van der Waals surface area contributed by atoms with Gasteiger partial charge in [0.15, 0.2) is 6.17 Å². The number of nitrogens with zero attached hydrogens (tertiary/aromatic N) is 1. The van der Waals surface area contributed by atoms with Crippen LogP contribution in [-0.4, -0.2) is 31.3 Å². The molecule has 1 saturated heterocycles. The second-order valence-corrected chi connectivity index (χ2v) is 3.09. The molecule has 60 valence electrons.